The summed E-state index contributed by atoms with van der Waals surface area (Å²) in [6, 6.07) is 1.22. The van der Waals surface area contributed by atoms with Gasteiger partial charge in [-0.3, -0.25) is 0 Å². The van der Waals surface area contributed by atoms with E-state index in [0.29, 0.717) is 18.1 Å². The average molecular weight is 210 g/mol. The van der Waals surface area contributed by atoms with E-state index in [-0.39, 0.29) is 5.89 Å². The molecule has 0 bridgehead atoms. The second kappa shape index (κ2) is 4.20. The molecule has 15 heavy (non-hydrogen) atoms. The molecule has 1 atom stereocenters. The molecule has 0 spiro atoms. The Labute approximate surface area is 85.2 Å². The van der Waals surface area contributed by atoms with Crippen molar-refractivity contribution in [3.05, 3.63) is 18.2 Å². The molecule has 2 heterocycles. The SMILES string of the molecule is COCC(N)c1noc(-c2ccon2)n1. The van der Waals surface area contributed by atoms with E-state index in [9.17, 15) is 0 Å². The van der Waals surface area contributed by atoms with E-state index in [2.05, 4.69) is 19.8 Å². The third-order valence-electron chi connectivity index (χ3n) is 1.78. The Bertz CT molecular complexity index is 411. The van der Waals surface area contributed by atoms with Crippen LogP contribution in [0.5, 0.6) is 0 Å². The Hall–Kier alpha value is -1.73. The van der Waals surface area contributed by atoms with E-state index in [1.807, 2.05) is 0 Å². The molecule has 0 fully saturated rings. The Morgan fingerprint density at radius 3 is 3.07 bits per heavy atom. The van der Waals surface area contributed by atoms with Crippen LogP contribution in [0.15, 0.2) is 21.4 Å². The lowest BCUT2D eigenvalue weighted by atomic mass is 10.3. The molecule has 2 N–H and O–H groups in total. The lowest BCUT2D eigenvalue weighted by Gasteiger charge is -2.02. The summed E-state index contributed by atoms with van der Waals surface area (Å²) in [5.41, 5.74) is 6.20. The fourth-order valence-electron chi connectivity index (χ4n) is 1.07. The fourth-order valence-corrected chi connectivity index (χ4v) is 1.07. The molecule has 80 valence electrons. The third-order valence-corrected chi connectivity index (χ3v) is 1.78. The van der Waals surface area contributed by atoms with Gasteiger partial charge in [0.15, 0.2) is 11.5 Å². The van der Waals surface area contributed by atoms with Crippen LogP contribution in [-0.4, -0.2) is 29.0 Å². The molecule has 0 aliphatic heterocycles. The lowest BCUT2D eigenvalue weighted by Crippen LogP contribution is -2.17. The number of methoxy groups -OCH3 is 1. The van der Waals surface area contributed by atoms with Crippen molar-refractivity contribution in [1.29, 1.82) is 0 Å². The summed E-state index contributed by atoms with van der Waals surface area (Å²) in [5.74, 6) is 0.667. The molecule has 0 radical (unpaired) electrons. The topological polar surface area (TPSA) is 100 Å². The highest BCUT2D eigenvalue weighted by Gasteiger charge is 2.16. The number of rotatable bonds is 4. The number of ether oxygens (including phenoxy) is 1. The zero-order valence-electron chi connectivity index (χ0n) is 8.08. The first-order valence-electron chi connectivity index (χ1n) is 4.30. The van der Waals surface area contributed by atoms with Crippen molar-refractivity contribution in [3.8, 4) is 11.6 Å². The number of nitrogens with two attached hydrogens (primary N) is 1. The maximum atomic E-state index is 5.72. The van der Waals surface area contributed by atoms with Gasteiger partial charge in [-0.2, -0.15) is 4.98 Å². The predicted molar refractivity (Wildman–Crippen MR) is 48.6 cm³/mol. The van der Waals surface area contributed by atoms with Crippen LogP contribution in [-0.2, 0) is 4.74 Å². The average Bonchev–Trinajstić information content (AvgIpc) is 2.89. The second-order valence-corrected chi connectivity index (χ2v) is 2.90. The van der Waals surface area contributed by atoms with Crippen LogP contribution in [0.1, 0.15) is 11.9 Å². The van der Waals surface area contributed by atoms with Crippen molar-refractivity contribution in [2.75, 3.05) is 13.7 Å². The summed E-state index contributed by atoms with van der Waals surface area (Å²) in [7, 11) is 1.55. The zero-order chi connectivity index (χ0) is 10.7. The van der Waals surface area contributed by atoms with Crippen molar-refractivity contribution in [2.45, 2.75) is 6.04 Å². The summed E-state index contributed by atoms with van der Waals surface area (Å²) < 4.78 is 14.5. The van der Waals surface area contributed by atoms with Crippen LogP contribution < -0.4 is 5.73 Å². The normalized spacial score (nSPS) is 12.9. The second-order valence-electron chi connectivity index (χ2n) is 2.90. The highest BCUT2D eigenvalue weighted by Crippen LogP contribution is 2.16. The summed E-state index contributed by atoms with van der Waals surface area (Å²) in [6.45, 7) is 0.331. The van der Waals surface area contributed by atoms with Gasteiger partial charge in [0.25, 0.3) is 5.89 Å². The highest BCUT2D eigenvalue weighted by molar-refractivity contribution is 5.43. The van der Waals surface area contributed by atoms with Gasteiger partial charge in [0.1, 0.15) is 6.26 Å². The number of nitrogens with zero attached hydrogens (tertiary/aromatic N) is 3. The van der Waals surface area contributed by atoms with Crippen molar-refractivity contribution in [1.82, 2.24) is 15.3 Å². The maximum absolute atomic E-state index is 5.72. The van der Waals surface area contributed by atoms with E-state index in [4.69, 9.17) is 15.0 Å². The lowest BCUT2D eigenvalue weighted by molar-refractivity contribution is 0.177. The number of hydrogen-bond acceptors (Lipinski definition) is 7. The Morgan fingerprint density at radius 1 is 1.53 bits per heavy atom. The smallest absolute Gasteiger partial charge is 0.280 e. The van der Waals surface area contributed by atoms with E-state index in [1.165, 1.54) is 6.26 Å². The van der Waals surface area contributed by atoms with E-state index >= 15 is 0 Å². The predicted octanol–water partition coefficient (Wildman–Crippen LogP) is 0.371. The van der Waals surface area contributed by atoms with E-state index in [0.717, 1.165) is 0 Å². The molecule has 0 aromatic carbocycles. The van der Waals surface area contributed by atoms with Crippen LogP contribution in [0.4, 0.5) is 0 Å². The van der Waals surface area contributed by atoms with Crippen LogP contribution >= 0.6 is 0 Å². The Balaban J connectivity index is 2.17. The molecule has 7 heteroatoms. The third kappa shape index (κ3) is 2.03. The highest BCUT2D eigenvalue weighted by atomic mass is 16.5. The van der Waals surface area contributed by atoms with Gasteiger partial charge in [-0.15, -0.1) is 0 Å². The fraction of sp³-hybridized carbons (Fsp3) is 0.375. The minimum atomic E-state index is -0.403. The molecule has 0 aliphatic carbocycles. The van der Waals surface area contributed by atoms with Gasteiger partial charge >= 0.3 is 0 Å². The van der Waals surface area contributed by atoms with Crippen molar-refractivity contribution in [3.63, 3.8) is 0 Å². The van der Waals surface area contributed by atoms with E-state index < -0.39 is 6.04 Å². The van der Waals surface area contributed by atoms with Gasteiger partial charge in [0, 0.05) is 13.2 Å². The molecule has 1 unspecified atom stereocenters. The molecular weight excluding hydrogens is 200 g/mol. The van der Waals surface area contributed by atoms with Gasteiger partial charge in [-0.1, -0.05) is 10.3 Å². The first kappa shape index (κ1) is 9.81. The van der Waals surface area contributed by atoms with Crippen molar-refractivity contribution < 1.29 is 13.8 Å². The van der Waals surface area contributed by atoms with Crippen LogP contribution in [0.25, 0.3) is 11.6 Å². The van der Waals surface area contributed by atoms with Gasteiger partial charge in [-0.05, 0) is 0 Å². The van der Waals surface area contributed by atoms with Gasteiger partial charge < -0.3 is 19.5 Å². The molecule has 2 aromatic rings. The molecule has 2 rings (SSSR count). The largest absolute Gasteiger partial charge is 0.383 e. The summed E-state index contributed by atoms with van der Waals surface area (Å²) in [5, 5.41) is 7.38. The van der Waals surface area contributed by atoms with Crippen LogP contribution in [0, 0.1) is 0 Å². The van der Waals surface area contributed by atoms with Crippen LogP contribution in [0.3, 0.4) is 0 Å². The van der Waals surface area contributed by atoms with Gasteiger partial charge in [0.05, 0.1) is 12.6 Å². The first-order chi connectivity index (χ1) is 7.31. The minimum absolute atomic E-state index is 0.283. The van der Waals surface area contributed by atoms with Gasteiger partial charge in [0.2, 0.25) is 0 Å². The zero-order valence-corrected chi connectivity index (χ0v) is 8.08. The first-order valence-corrected chi connectivity index (χ1v) is 4.30. The minimum Gasteiger partial charge on any atom is -0.383 e. The molecule has 7 nitrogen and oxygen atoms in total. The maximum Gasteiger partial charge on any atom is 0.280 e. The molecule has 0 amide bonds. The molecule has 0 aliphatic rings. The summed E-state index contributed by atoms with van der Waals surface area (Å²) in [6.07, 6.45) is 1.42. The van der Waals surface area contributed by atoms with Gasteiger partial charge in [-0.25, -0.2) is 0 Å². The summed E-state index contributed by atoms with van der Waals surface area (Å²) >= 11 is 0. The van der Waals surface area contributed by atoms with Crippen molar-refractivity contribution >= 4 is 0 Å². The Kier molecular flexibility index (Phi) is 2.75. The van der Waals surface area contributed by atoms with Crippen LogP contribution in [0.2, 0.25) is 0 Å². The number of hydrogen-bond donors (Lipinski definition) is 1. The monoisotopic (exact) mass is 210 g/mol. The molecule has 0 saturated heterocycles. The molecular formula is C8H10N4O3. The molecule has 0 saturated carbocycles. The summed E-state index contributed by atoms with van der Waals surface area (Å²) in [4.78, 5) is 4.07. The van der Waals surface area contributed by atoms with Crippen molar-refractivity contribution in [2.24, 2.45) is 5.73 Å². The standard InChI is InChI=1S/C8H10N4O3/c1-13-4-5(9)7-10-8(15-12-7)6-2-3-14-11-6/h2-3,5H,4,9H2,1H3. The Morgan fingerprint density at radius 2 is 2.40 bits per heavy atom. The van der Waals surface area contributed by atoms with E-state index in [1.54, 1.807) is 13.2 Å². The molecule has 2 aromatic heterocycles. The number of aromatic nitrogens is 3. The quantitative estimate of drug-likeness (QED) is 0.777.